The van der Waals surface area contributed by atoms with Crippen molar-refractivity contribution in [2.75, 3.05) is 0 Å². The van der Waals surface area contributed by atoms with Crippen LogP contribution in [0.15, 0.2) is 40.9 Å². The van der Waals surface area contributed by atoms with Gasteiger partial charge in [0.05, 0.1) is 12.2 Å². The van der Waals surface area contributed by atoms with Crippen molar-refractivity contribution < 1.29 is 14.0 Å². The first kappa shape index (κ1) is 19.6. The van der Waals surface area contributed by atoms with Gasteiger partial charge in [-0.2, -0.15) is 5.10 Å². The van der Waals surface area contributed by atoms with Crippen LogP contribution in [0.1, 0.15) is 52.5 Å². The lowest BCUT2D eigenvalue weighted by molar-refractivity contribution is -0.121. The molecule has 2 amide bonds. The zero-order chi connectivity index (χ0) is 21.4. The average molecular weight is 405 g/mol. The Morgan fingerprint density at radius 1 is 1.27 bits per heavy atom. The van der Waals surface area contributed by atoms with Gasteiger partial charge in [-0.25, -0.2) is 9.50 Å². The van der Waals surface area contributed by atoms with Gasteiger partial charge in [-0.05, 0) is 44.9 Å². The number of aromatic nitrogens is 3. The molecule has 1 aromatic carbocycles. The van der Waals surface area contributed by atoms with E-state index < -0.39 is 5.91 Å². The van der Waals surface area contributed by atoms with Gasteiger partial charge in [0.1, 0.15) is 16.9 Å². The van der Waals surface area contributed by atoms with Gasteiger partial charge >= 0.3 is 0 Å². The molecule has 3 heterocycles. The van der Waals surface area contributed by atoms with E-state index in [0.29, 0.717) is 18.5 Å². The molecule has 0 aliphatic carbocycles. The molecular formula is C22H23N5O3. The Labute approximate surface area is 173 Å². The molecule has 0 unspecified atom stereocenters. The zero-order valence-corrected chi connectivity index (χ0v) is 17.1. The van der Waals surface area contributed by atoms with Gasteiger partial charge in [0.15, 0.2) is 5.65 Å². The summed E-state index contributed by atoms with van der Waals surface area (Å²) in [6.07, 6.45) is 2.22. The fraction of sp³-hybridized carbons (Fsp3) is 0.273. The number of primary amides is 1. The summed E-state index contributed by atoms with van der Waals surface area (Å²) in [5.41, 5.74) is 9.42. The van der Waals surface area contributed by atoms with Crippen LogP contribution in [0.3, 0.4) is 0 Å². The number of furan rings is 1. The SMILES string of the molecule is Cc1nc2c(C(N)=O)cnn2c(C)c1CCC(=O)N[C@@H](C)c1cc2ccccc2o1. The van der Waals surface area contributed by atoms with Crippen LogP contribution < -0.4 is 11.1 Å². The molecule has 1 atom stereocenters. The standard InChI is InChI=1S/C22H23N5O3/c1-12-16(14(3)27-22(26-12)17(11-24-27)21(23)29)8-9-20(28)25-13(2)19-10-15-6-4-5-7-18(15)30-19/h4-7,10-11,13H,8-9H2,1-3H3,(H2,23,29)(H,25,28)/t13-/m0/s1. The fourth-order valence-corrected chi connectivity index (χ4v) is 3.69. The van der Waals surface area contributed by atoms with E-state index in [0.717, 1.165) is 33.7 Å². The number of hydrogen-bond acceptors (Lipinski definition) is 5. The number of carbonyl (C=O) groups is 2. The van der Waals surface area contributed by atoms with Crippen LogP contribution in [0.2, 0.25) is 0 Å². The third-order valence-electron chi connectivity index (χ3n) is 5.32. The molecular weight excluding hydrogens is 382 g/mol. The second-order valence-corrected chi connectivity index (χ2v) is 7.39. The molecule has 4 rings (SSSR count). The topological polar surface area (TPSA) is 116 Å². The van der Waals surface area contributed by atoms with Crippen LogP contribution >= 0.6 is 0 Å². The van der Waals surface area contributed by atoms with Gasteiger partial charge in [-0.1, -0.05) is 18.2 Å². The summed E-state index contributed by atoms with van der Waals surface area (Å²) in [7, 11) is 0. The highest BCUT2D eigenvalue weighted by Crippen LogP contribution is 2.24. The number of aryl methyl sites for hydroxylation is 2. The first-order valence-electron chi connectivity index (χ1n) is 9.76. The second kappa shape index (κ2) is 7.62. The van der Waals surface area contributed by atoms with E-state index in [1.165, 1.54) is 6.20 Å². The molecule has 3 N–H and O–H groups in total. The van der Waals surface area contributed by atoms with Crippen LogP contribution in [-0.4, -0.2) is 26.4 Å². The Balaban J connectivity index is 1.47. The molecule has 8 heteroatoms. The number of fused-ring (bicyclic) bond motifs is 2. The molecule has 8 nitrogen and oxygen atoms in total. The number of hydrogen-bond donors (Lipinski definition) is 2. The van der Waals surface area contributed by atoms with Crippen molar-refractivity contribution in [2.24, 2.45) is 5.73 Å². The van der Waals surface area contributed by atoms with Crippen molar-refractivity contribution in [1.82, 2.24) is 19.9 Å². The Morgan fingerprint density at radius 2 is 2.03 bits per heavy atom. The van der Waals surface area contributed by atoms with Crippen LogP contribution in [0.4, 0.5) is 0 Å². The largest absolute Gasteiger partial charge is 0.459 e. The molecule has 0 aliphatic heterocycles. The maximum Gasteiger partial charge on any atom is 0.254 e. The number of nitrogens with zero attached hydrogens (tertiary/aromatic N) is 3. The third-order valence-corrected chi connectivity index (χ3v) is 5.32. The lowest BCUT2D eigenvalue weighted by atomic mass is 10.1. The summed E-state index contributed by atoms with van der Waals surface area (Å²) in [6.45, 7) is 5.65. The predicted octanol–water partition coefficient (Wildman–Crippen LogP) is 3.00. The maximum atomic E-state index is 12.5. The lowest BCUT2D eigenvalue weighted by Crippen LogP contribution is -2.26. The monoisotopic (exact) mass is 405 g/mol. The zero-order valence-electron chi connectivity index (χ0n) is 17.1. The van der Waals surface area contributed by atoms with E-state index in [1.54, 1.807) is 4.52 Å². The second-order valence-electron chi connectivity index (χ2n) is 7.39. The highest BCUT2D eigenvalue weighted by atomic mass is 16.3. The van der Waals surface area contributed by atoms with Crippen LogP contribution in [0, 0.1) is 13.8 Å². The van der Waals surface area contributed by atoms with Gasteiger partial charge in [-0.15, -0.1) is 0 Å². The van der Waals surface area contributed by atoms with E-state index in [9.17, 15) is 9.59 Å². The smallest absolute Gasteiger partial charge is 0.254 e. The number of rotatable bonds is 6. The van der Waals surface area contributed by atoms with Gasteiger partial charge in [0.2, 0.25) is 5.91 Å². The van der Waals surface area contributed by atoms with E-state index in [-0.39, 0.29) is 17.5 Å². The number of carbonyl (C=O) groups excluding carboxylic acids is 2. The van der Waals surface area contributed by atoms with Crippen molar-refractivity contribution in [3.63, 3.8) is 0 Å². The van der Waals surface area contributed by atoms with Crippen LogP contribution in [-0.2, 0) is 11.2 Å². The fourth-order valence-electron chi connectivity index (χ4n) is 3.69. The minimum absolute atomic E-state index is 0.0832. The predicted molar refractivity (Wildman–Crippen MR) is 112 cm³/mol. The van der Waals surface area contributed by atoms with Crippen molar-refractivity contribution >= 4 is 28.4 Å². The molecule has 4 aromatic rings. The van der Waals surface area contributed by atoms with Crippen molar-refractivity contribution in [3.05, 3.63) is 64.8 Å². The van der Waals surface area contributed by atoms with Gasteiger partial charge in [-0.3, -0.25) is 9.59 Å². The number of nitrogens with two attached hydrogens (primary N) is 1. The number of amides is 2. The van der Waals surface area contributed by atoms with Crippen molar-refractivity contribution in [3.8, 4) is 0 Å². The first-order chi connectivity index (χ1) is 14.3. The van der Waals surface area contributed by atoms with E-state index in [4.69, 9.17) is 10.2 Å². The van der Waals surface area contributed by atoms with Crippen LogP contribution in [0.25, 0.3) is 16.6 Å². The Kier molecular flexibility index (Phi) is 4.99. The number of nitrogens with one attached hydrogen (secondary N) is 1. The molecule has 0 bridgehead atoms. The molecule has 0 saturated carbocycles. The van der Waals surface area contributed by atoms with E-state index in [1.807, 2.05) is 51.1 Å². The molecule has 0 radical (unpaired) electrons. The van der Waals surface area contributed by atoms with E-state index in [2.05, 4.69) is 15.4 Å². The Hall–Kier alpha value is -3.68. The molecule has 3 aromatic heterocycles. The molecule has 0 fully saturated rings. The van der Waals surface area contributed by atoms with Crippen molar-refractivity contribution in [2.45, 2.75) is 39.7 Å². The van der Waals surface area contributed by atoms with Crippen LogP contribution in [0.5, 0.6) is 0 Å². The molecule has 0 aliphatic rings. The molecule has 0 spiro atoms. The highest BCUT2D eigenvalue weighted by Gasteiger charge is 2.18. The van der Waals surface area contributed by atoms with Crippen molar-refractivity contribution in [1.29, 1.82) is 0 Å². The average Bonchev–Trinajstić information content (AvgIpc) is 3.32. The van der Waals surface area contributed by atoms with Gasteiger partial charge in [0, 0.05) is 23.2 Å². The first-order valence-corrected chi connectivity index (χ1v) is 9.76. The molecule has 30 heavy (non-hydrogen) atoms. The summed E-state index contributed by atoms with van der Waals surface area (Å²) in [4.78, 5) is 28.6. The quantitative estimate of drug-likeness (QED) is 0.512. The maximum absolute atomic E-state index is 12.5. The minimum atomic E-state index is -0.567. The minimum Gasteiger partial charge on any atom is -0.459 e. The number of para-hydroxylation sites is 1. The van der Waals surface area contributed by atoms with Gasteiger partial charge in [0.25, 0.3) is 5.91 Å². The third kappa shape index (κ3) is 3.52. The summed E-state index contributed by atoms with van der Waals surface area (Å²) in [5, 5.41) is 8.21. The Morgan fingerprint density at radius 3 is 2.77 bits per heavy atom. The van der Waals surface area contributed by atoms with Gasteiger partial charge < -0.3 is 15.5 Å². The van der Waals surface area contributed by atoms with E-state index >= 15 is 0 Å². The highest BCUT2D eigenvalue weighted by molar-refractivity contribution is 5.98. The number of benzene rings is 1. The normalized spacial score (nSPS) is 12.4. The summed E-state index contributed by atoms with van der Waals surface area (Å²) in [5.74, 6) is 0.0682. The molecule has 154 valence electrons. The summed E-state index contributed by atoms with van der Waals surface area (Å²) < 4.78 is 7.42. The summed E-state index contributed by atoms with van der Waals surface area (Å²) in [6, 6.07) is 9.45. The lowest BCUT2D eigenvalue weighted by Gasteiger charge is -2.13. The molecule has 0 saturated heterocycles. The Bertz CT molecular complexity index is 1240. The summed E-state index contributed by atoms with van der Waals surface area (Å²) >= 11 is 0.